The first-order valence-corrected chi connectivity index (χ1v) is 6.76. The highest BCUT2D eigenvalue weighted by Gasteiger charge is 2.32. The second kappa shape index (κ2) is 4.45. The molecule has 0 bridgehead atoms. The van der Waals surface area contributed by atoms with Crippen molar-refractivity contribution < 1.29 is 0 Å². The van der Waals surface area contributed by atoms with Crippen molar-refractivity contribution in [1.82, 2.24) is 14.7 Å². The Kier molecular flexibility index (Phi) is 3.30. The van der Waals surface area contributed by atoms with Gasteiger partial charge >= 0.3 is 0 Å². The number of nitrogens with zero attached hydrogens (tertiary/aromatic N) is 3. The highest BCUT2D eigenvalue weighted by atomic mass is 15.3. The molecule has 1 aliphatic heterocycles. The first-order chi connectivity index (χ1) is 7.96. The van der Waals surface area contributed by atoms with E-state index < -0.39 is 0 Å². The molecule has 0 spiro atoms. The van der Waals surface area contributed by atoms with Crippen molar-refractivity contribution in [2.75, 3.05) is 13.6 Å². The molecule has 0 N–H and O–H groups in total. The van der Waals surface area contributed by atoms with Gasteiger partial charge in [0.2, 0.25) is 0 Å². The molecule has 0 fully saturated rings. The minimum absolute atomic E-state index is 0.0925. The first kappa shape index (κ1) is 12.6. The number of hydrogen-bond donors (Lipinski definition) is 0. The average Bonchev–Trinajstić information content (AvgIpc) is 2.68. The van der Waals surface area contributed by atoms with Crippen molar-refractivity contribution in [2.45, 2.75) is 58.5 Å². The second-order valence-electron chi connectivity index (χ2n) is 5.82. The van der Waals surface area contributed by atoms with Crippen LogP contribution in [-0.4, -0.2) is 28.3 Å². The largest absolute Gasteiger partial charge is 0.296 e. The molecule has 0 aromatic carbocycles. The minimum Gasteiger partial charge on any atom is -0.296 e. The Morgan fingerprint density at radius 2 is 2.12 bits per heavy atom. The molecule has 1 aliphatic rings. The van der Waals surface area contributed by atoms with E-state index in [1.54, 1.807) is 0 Å². The molecule has 1 unspecified atom stereocenters. The van der Waals surface area contributed by atoms with Crippen molar-refractivity contribution in [1.29, 1.82) is 0 Å². The minimum atomic E-state index is 0.0925. The Bertz CT molecular complexity index is 392. The molecule has 3 nitrogen and oxygen atoms in total. The van der Waals surface area contributed by atoms with Gasteiger partial charge in [0.05, 0.1) is 16.9 Å². The topological polar surface area (TPSA) is 21.1 Å². The van der Waals surface area contributed by atoms with E-state index in [1.165, 1.54) is 17.8 Å². The SMILES string of the molecule is CCC(C)c1cc2n(n1)CCCN(C)C2(C)C. The van der Waals surface area contributed by atoms with E-state index in [1.807, 2.05) is 0 Å². The summed E-state index contributed by atoms with van der Waals surface area (Å²) >= 11 is 0. The Hall–Kier alpha value is -0.830. The summed E-state index contributed by atoms with van der Waals surface area (Å²) < 4.78 is 2.23. The van der Waals surface area contributed by atoms with Crippen LogP contribution >= 0.6 is 0 Å². The van der Waals surface area contributed by atoms with E-state index in [2.05, 4.69) is 50.4 Å². The van der Waals surface area contributed by atoms with E-state index in [0.717, 1.165) is 19.5 Å². The van der Waals surface area contributed by atoms with Crippen molar-refractivity contribution in [3.8, 4) is 0 Å². The number of aryl methyl sites for hydroxylation is 1. The Morgan fingerprint density at radius 1 is 1.41 bits per heavy atom. The van der Waals surface area contributed by atoms with Gasteiger partial charge < -0.3 is 0 Å². The Morgan fingerprint density at radius 3 is 2.76 bits per heavy atom. The lowest BCUT2D eigenvalue weighted by molar-refractivity contribution is 0.159. The van der Waals surface area contributed by atoms with Gasteiger partial charge in [-0.25, -0.2) is 0 Å². The van der Waals surface area contributed by atoms with Crippen LogP contribution in [0.2, 0.25) is 0 Å². The van der Waals surface area contributed by atoms with Gasteiger partial charge in [0.25, 0.3) is 0 Å². The molecule has 1 aromatic rings. The van der Waals surface area contributed by atoms with Crippen LogP contribution in [0.3, 0.4) is 0 Å². The van der Waals surface area contributed by atoms with Gasteiger partial charge in [-0.3, -0.25) is 9.58 Å². The van der Waals surface area contributed by atoms with Crippen LogP contribution in [0, 0.1) is 0 Å². The fourth-order valence-electron chi connectivity index (χ4n) is 2.48. The molecule has 0 amide bonds. The van der Waals surface area contributed by atoms with Crippen LogP contribution in [0.15, 0.2) is 6.07 Å². The summed E-state index contributed by atoms with van der Waals surface area (Å²) in [6.07, 6.45) is 2.35. The number of rotatable bonds is 2. The van der Waals surface area contributed by atoms with Gasteiger partial charge in [0, 0.05) is 13.1 Å². The molecule has 17 heavy (non-hydrogen) atoms. The molecule has 1 aromatic heterocycles. The molecule has 2 rings (SSSR count). The normalized spacial score (nSPS) is 21.9. The molecule has 0 aliphatic carbocycles. The van der Waals surface area contributed by atoms with E-state index in [9.17, 15) is 0 Å². The van der Waals surface area contributed by atoms with Gasteiger partial charge in [-0.1, -0.05) is 13.8 Å². The van der Waals surface area contributed by atoms with Gasteiger partial charge in [-0.05, 0) is 45.7 Å². The fourth-order valence-corrected chi connectivity index (χ4v) is 2.48. The summed E-state index contributed by atoms with van der Waals surface area (Å²) in [6.45, 7) is 11.3. The van der Waals surface area contributed by atoms with E-state index in [0.29, 0.717) is 5.92 Å². The van der Waals surface area contributed by atoms with Crippen molar-refractivity contribution in [3.63, 3.8) is 0 Å². The molecule has 96 valence electrons. The number of fused-ring (bicyclic) bond motifs is 1. The molecular formula is C14H25N3. The molecule has 0 radical (unpaired) electrons. The Balaban J connectivity index is 2.42. The maximum absolute atomic E-state index is 4.80. The zero-order valence-corrected chi connectivity index (χ0v) is 11.8. The fraction of sp³-hybridized carbons (Fsp3) is 0.786. The molecule has 3 heteroatoms. The summed E-state index contributed by atoms with van der Waals surface area (Å²) in [5, 5.41) is 4.80. The standard InChI is InChI=1S/C14H25N3/c1-6-11(2)12-10-13-14(3,4)16(5)8-7-9-17(13)15-12/h10-11H,6-9H2,1-5H3. The predicted molar refractivity (Wildman–Crippen MR) is 71.2 cm³/mol. The third-order valence-electron chi connectivity index (χ3n) is 4.36. The van der Waals surface area contributed by atoms with Crippen molar-refractivity contribution >= 4 is 0 Å². The second-order valence-corrected chi connectivity index (χ2v) is 5.82. The van der Waals surface area contributed by atoms with Gasteiger partial charge in [0.1, 0.15) is 0 Å². The predicted octanol–water partition coefficient (Wildman–Crippen LogP) is 2.97. The average molecular weight is 235 g/mol. The smallest absolute Gasteiger partial charge is 0.0656 e. The highest BCUT2D eigenvalue weighted by Crippen LogP contribution is 2.31. The summed E-state index contributed by atoms with van der Waals surface area (Å²) in [5.41, 5.74) is 2.72. The van der Waals surface area contributed by atoms with Crippen molar-refractivity contribution in [3.05, 3.63) is 17.5 Å². The lowest BCUT2D eigenvalue weighted by Crippen LogP contribution is -2.38. The maximum Gasteiger partial charge on any atom is 0.0656 e. The monoisotopic (exact) mass is 235 g/mol. The van der Waals surface area contributed by atoms with Crippen LogP contribution < -0.4 is 0 Å². The summed E-state index contributed by atoms with van der Waals surface area (Å²) in [6, 6.07) is 2.32. The number of hydrogen-bond acceptors (Lipinski definition) is 2. The zero-order chi connectivity index (χ0) is 12.6. The van der Waals surface area contributed by atoms with Crippen LogP contribution in [0.1, 0.15) is 57.8 Å². The van der Waals surface area contributed by atoms with Crippen molar-refractivity contribution in [2.24, 2.45) is 0 Å². The lowest BCUT2D eigenvalue weighted by Gasteiger charge is -2.33. The molecule has 0 saturated carbocycles. The first-order valence-electron chi connectivity index (χ1n) is 6.76. The van der Waals surface area contributed by atoms with Crippen LogP contribution in [0.5, 0.6) is 0 Å². The molecule has 0 saturated heterocycles. The lowest BCUT2D eigenvalue weighted by atomic mass is 9.96. The van der Waals surface area contributed by atoms with Gasteiger partial charge in [-0.2, -0.15) is 5.10 Å². The molecule has 1 atom stereocenters. The van der Waals surface area contributed by atoms with E-state index >= 15 is 0 Å². The molecule has 2 heterocycles. The van der Waals surface area contributed by atoms with Crippen LogP contribution in [-0.2, 0) is 12.1 Å². The summed E-state index contributed by atoms with van der Waals surface area (Å²) in [7, 11) is 2.21. The van der Waals surface area contributed by atoms with Crippen LogP contribution in [0.25, 0.3) is 0 Å². The molecular weight excluding hydrogens is 210 g/mol. The zero-order valence-electron chi connectivity index (χ0n) is 11.8. The number of aromatic nitrogens is 2. The third kappa shape index (κ3) is 2.13. The quantitative estimate of drug-likeness (QED) is 0.786. The van der Waals surface area contributed by atoms with Gasteiger partial charge in [0.15, 0.2) is 0 Å². The maximum atomic E-state index is 4.80. The third-order valence-corrected chi connectivity index (χ3v) is 4.36. The summed E-state index contributed by atoms with van der Waals surface area (Å²) in [4.78, 5) is 2.44. The van der Waals surface area contributed by atoms with E-state index in [-0.39, 0.29) is 5.54 Å². The summed E-state index contributed by atoms with van der Waals surface area (Å²) in [5.74, 6) is 0.565. The highest BCUT2D eigenvalue weighted by molar-refractivity contribution is 5.21. The van der Waals surface area contributed by atoms with Gasteiger partial charge in [-0.15, -0.1) is 0 Å². The van der Waals surface area contributed by atoms with Crippen LogP contribution in [0.4, 0.5) is 0 Å². The Labute approximate surface area is 105 Å². The van der Waals surface area contributed by atoms with E-state index in [4.69, 9.17) is 5.10 Å².